The minimum absolute atomic E-state index is 0. The lowest BCUT2D eigenvalue weighted by atomic mass is 10.00. The average molecular weight is 532 g/mol. The molecule has 0 saturated heterocycles. The molecule has 0 spiro atoms. The Bertz CT molecular complexity index is 1250. The fraction of sp³-hybridized carbons (Fsp3) is 0.360. The van der Waals surface area contributed by atoms with Crippen LogP contribution in [0.15, 0.2) is 59.4 Å². The molecule has 3 aromatic rings. The van der Waals surface area contributed by atoms with E-state index in [0.29, 0.717) is 17.3 Å². The van der Waals surface area contributed by atoms with Crippen LogP contribution in [0.1, 0.15) is 36.9 Å². The lowest BCUT2D eigenvalue weighted by Gasteiger charge is -2.28. The number of amidine groups is 1. The summed E-state index contributed by atoms with van der Waals surface area (Å²) < 4.78 is 5.79. The third kappa shape index (κ3) is 3.86. The molecule has 2 aromatic carbocycles. The minimum Gasteiger partial charge on any atom is -1.00 e. The zero-order chi connectivity index (χ0) is 22.5. The molecule has 3 heterocycles. The molecule has 2 aliphatic rings. The van der Waals surface area contributed by atoms with E-state index in [2.05, 4.69) is 4.58 Å². The van der Waals surface area contributed by atoms with Gasteiger partial charge in [-0.15, -0.1) is 0 Å². The van der Waals surface area contributed by atoms with Crippen molar-refractivity contribution >= 4 is 23.1 Å². The number of benzene rings is 2. The van der Waals surface area contributed by atoms with E-state index >= 15 is 0 Å². The number of anilines is 1. The van der Waals surface area contributed by atoms with Gasteiger partial charge in [0, 0.05) is 24.1 Å². The molecule has 0 fully saturated rings. The van der Waals surface area contributed by atoms with E-state index in [0.717, 1.165) is 55.0 Å². The first-order chi connectivity index (χ1) is 15.4. The second-order valence-corrected chi connectivity index (χ2v) is 9.15. The molecule has 0 aliphatic carbocycles. The van der Waals surface area contributed by atoms with Crippen molar-refractivity contribution in [3.63, 3.8) is 0 Å². The first-order valence-electron chi connectivity index (χ1n) is 11.2. The van der Waals surface area contributed by atoms with Gasteiger partial charge in [0.2, 0.25) is 5.69 Å². The van der Waals surface area contributed by atoms with Crippen LogP contribution >= 0.6 is 11.6 Å². The van der Waals surface area contributed by atoms with Crippen LogP contribution in [-0.2, 0) is 12.8 Å². The summed E-state index contributed by atoms with van der Waals surface area (Å²) in [6, 6.07) is 16.9. The molecule has 1 N–H and O–H groups in total. The first-order valence-corrected chi connectivity index (χ1v) is 11.5. The third-order valence-electron chi connectivity index (χ3n) is 6.79. The van der Waals surface area contributed by atoms with Gasteiger partial charge in [-0.3, -0.25) is 14.1 Å². The van der Waals surface area contributed by atoms with Gasteiger partial charge in [-0.2, -0.15) is 4.90 Å². The summed E-state index contributed by atoms with van der Waals surface area (Å²) in [6.45, 7) is 3.24. The molecular formula is C25H28BrClN4O2. The first kappa shape index (κ1) is 23.8. The van der Waals surface area contributed by atoms with Gasteiger partial charge < -0.3 is 22.1 Å². The molecule has 1 unspecified atom stereocenters. The Morgan fingerprint density at radius 2 is 1.73 bits per heavy atom. The Morgan fingerprint density at radius 3 is 2.42 bits per heavy atom. The highest BCUT2D eigenvalue weighted by atomic mass is 79.9. The molecule has 0 saturated carbocycles. The van der Waals surface area contributed by atoms with Crippen molar-refractivity contribution in [2.24, 2.45) is 7.05 Å². The van der Waals surface area contributed by atoms with Crippen LogP contribution in [0.5, 0.6) is 0 Å². The van der Waals surface area contributed by atoms with Gasteiger partial charge >= 0.3 is 5.56 Å². The molecular weight excluding hydrogens is 504 g/mol. The fourth-order valence-corrected chi connectivity index (χ4v) is 5.21. The van der Waals surface area contributed by atoms with Crippen molar-refractivity contribution in [3.8, 4) is 5.69 Å². The summed E-state index contributed by atoms with van der Waals surface area (Å²) in [5.74, 6) is 1.02. The van der Waals surface area contributed by atoms with Gasteiger partial charge in [0.05, 0.1) is 17.9 Å². The highest BCUT2D eigenvalue weighted by Gasteiger charge is 2.56. The van der Waals surface area contributed by atoms with Gasteiger partial charge in [-0.05, 0) is 50.5 Å². The van der Waals surface area contributed by atoms with E-state index in [4.69, 9.17) is 11.6 Å². The Balaban J connectivity index is 0.00000259. The average Bonchev–Trinajstić information content (AvgIpc) is 3.05. The number of halogens is 2. The highest BCUT2D eigenvalue weighted by Crippen LogP contribution is 2.38. The molecule has 33 heavy (non-hydrogen) atoms. The lowest BCUT2D eigenvalue weighted by molar-refractivity contribution is -0.534. The summed E-state index contributed by atoms with van der Waals surface area (Å²) >= 11 is 6.14. The van der Waals surface area contributed by atoms with E-state index in [1.807, 2.05) is 66.0 Å². The van der Waals surface area contributed by atoms with Crippen LogP contribution in [0.2, 0.25) is 5.02 Å². The predicted octanol–water partition coefficient (Wildman–Crippen LogP) is 0.792. The Morgan fingerprint density at radius 1 is 1.03 bits per heavy atom. The molecule has 0 bridgehead atoms. The maximum absolute atomic E-state index is 13.9. The van der Waals surface area contributed by atoms with E-state index in [9.17, 15) is 9.90 Å². The zero-order valence-electron chi connectivity index (χ0n) is 18.8. The Kier molecular flexibility index (Phi) is 6.58. The zero-order valence-corrected chi connectivity index (χ0v) is 21.2. The fourth-order valence-electron chi connectivity index (χ4n) is 5.09. The molecule has 8 heteroatoms. The van der Waals surface area contributed by atoms with E-state index < -0.39 is 5.72 Å². The molecule has 1 atom stereocenters. The second-order valence-electron chi connectivity index (χ2n) is 8.72. The molecule has 174 valence electrons. The number of nitrogens with zero attached hydrogens (tertiary/aromatic N) is 4. The molecule has 6 nitrogen and oxygen atoms in total. The van der Waals surface area contributed by atoms with Crippen molar-refractivity contribution in [1.82, 2.24) is 9.36 Å². The van der Waals surface area contributed by atoms with Crippen LogP contribution in [0.3, 0.4) is 0 Å². The van der Waals surface area contributed by atoms with Crippen molar-refractivity contribution in [2.45, 2.75) is 38.3 Å². The van der Waals surface area contributed by atoms with Gasteiger partial charge in [-0.1, -0.05) is 41.9 Å². The summed E-state index contributed by atoms with van der Waals surface area (Å²) in [6.07, 6.45) is 4.10. The largest absolute Gasteiger partial charge is 1.00 e. The van der Waals surface area contributed by atoms with Gasteiger partial charge in [-0.25, -0.2) is 4.68 Å². The number of aromatic nitrogens is 2. The number of hydrogen-bond donors (Lipinski definition) is 1. The van der Waals surface area contributed by atoms with Crippen LogP contribution in [0, 0.1) is 6.92 Å². The highest BCUT2D eigenvalue weighted by molar-refractivity contribution is 6.30. The maximum atomic E-state index is 13.9. The second kappa shape index (κ2) is 9.12. The molecule has 1 aromatic heterocycles. The summed E-state index contributed by atoms with van der Waals surface area (Å²) in [7, 11) is 1.89. The SMILES string of the molecule is Cc1c(N2C3=[N+](CCCCC3)CC2(O)c2ccc(Cl)cc2)c(=O)n(-c2ccccc2)n1C.[Br-]. The maximum Gasteiger partial charge on any atom is 0.318 e. The summed E-state index contributed by atoms with van der Waals surface area (Å²) in [4.78, 5) is 15.8. The summed E-state index contributed by atoms with van der Waals surface area (Å²) in [5.41, 5.74) is 1.37. The summed E-state index contributed by atoms with van der Waals surface area (Å²) in [5, 5.41) is 12.8. The van der Waals surface area contributed by atoms with Crippen LogP contribution in [-0.4, -0.2) is 38.0 Å². The van der Waals surface area contributed by atoms with E-state index in [1.54, 1.807) is 16.8 Å². The third-order valence-corrected chi connectivity index (χ3v) is 7.04. The van der Waals surface area contributed by atoms with Crippen LogP contribution in [0.4, 0.5) is 5.69 Å². The van der Waals surface area contributed by atoms with Gasteiger partial charge in [0.1, 0.15) is 0 Å². The van der Waals surface area contributed by atoms with Crippen molar-refractivity contribution in [2.75, 3.05) is 18.0 Å². The number of rotatable bonds is 3. The van der Waals surface area contributed by atoms with Crippen molar-refractivity contribution < 1.29 is 26.7 Å². The number of para-hydroxylation sites is 1. The number of aliphatic hydroxyl groups is 1. The van der Waals surface area contributed by atoms with E-state index in [-0.39, 0.29) is 22.5 Å². The smallest absolute Gasteiger partial charge is 0.318 e. The van der Waals surface area contributed by atoms with Crippen LogP contribution in [0.25, 0.3) is 5.69 Å². The lowest BCUT2D eigenvalue weighted by Crippen LogP contribution is -3.00. The van der Waals surface area contributed by atoms with Gasteiger partial charge in [0.25, 0.3) is 11.6 Å². The normalized spacial score (nSPS) is 20.4. The van der Waals surface area contributed by atoms with Gasteiger partial charge in [0.15, 0.2) is 6.54 Å². The number of hydrogen-bond acceptors (Lipinski definition) is 3. The molecule has 5 rings (SSSR count). The Labute approximate surface area is 209 Å². The van der Waals surface area contributed by atoms with Crippen molar-refractivity contribution in [1.29, 1.82) is 0 Å². The molecule has 0 radical (unpaired) electrons. The van der Waals surface area contributed by atoms with E-state index in [1.165, 1.54) is 0 Å². The standard InChI is InChI=1S/C25H28ClN4O2.BrH/c1-18-23(24(31)30(27(18)2)21-9-5-3-6-10-21)29-22-11-7-4-8-16-28(22)17-25(29,32)19-12-14-20(26)15-13-19;/h3,5-6,9-10,12-15,32H,4,7-8,11,16-17H2,1-2H3;1H/q+1;/p-1. The topological polar surface area (TPSA) is 53.4 Å². The van der Waals surface area contributed by atoms with Crippen molar-refractivity contribution in [3.05, 3.63) is 81.2 Å². The monoisotopic (exact) mass is 530 g/mol. The predicted molar refractivity (Wildman–Crippen MR) is 127 cm³/mol. The quantitative estimate of drug-likeness (QED) is 0.509. The Hall–Kier alpha value is -2.35. The minimum atomic E-state index is -1.35. The molecule has 0 amide bonds. The molecule has 2 aliphatic heterocycles. The van der Waals surface area contributed by atoms with Crippen LogP contribution < -0.4 is 27.4 Å².